The van der Waals surface area contributed by atoms with E-state index in [1.54, 1.807) is 52.0 Å². The van der Waals surface area contributed by atoms with Gasteiger partial charge in [0.15, 0.2) is 5.78 Å². The van der Waals surface area contributed by atoms with Crippen molar-refractivity contribution in [2.24, 2.45) is 0 Å². The maximum atomic E-state index is 13.3. The highest BCUT2D eigenvalue weighted by Crippen LogP contribution is 2.35. The summed E-state index contributed by atoms with van der Waals surface area (Å²) in [5.41, 5.74) is 0.101. The van der Waals surface area contributed by atoms with Crippen LogP contribution in [-0.2, 0) is 15.6 Å². The number of hydrogen-bond acceptors (Lipinski definition) is 5. The van der Waals surface area contributed by atoms with E-state index >= 15 is 0 Å². The van der Waals surface area contributed by atoms with Crippen LogP contribution in [0.2, 0.25) is 0 Å². The molecule has 208 valence electrons. The predicted molar refractivity (Wildman–Crippen MR) is 151 cm³/mol. The molecular weight excluding hydrogens is 480 g/mol. The fraction of sp³-hybridized carbons (Fsp3) is 0.516. The number of piperidine rings is 2. The van der Waals surface area contributed by atoms with E-state index in [0.717, 1.165) is 11.1 Å². The SMILES string of the molecule is C1CCNCC1.C1CCNCC1.CC(C)(C(=O)C(C)(C)c1ccc(C(=O)O)cc1)c1ccc(C(=O)O)cc1. The number of nitrogens with one attached hydrogen (secondary N) is 2. The van der Waals surface area contributed by atoms with Crippen molar-refractivity contribution in [2.75, 3.05) is 26.2 Å². The third-order valence-corrected chi connectivity index (χ3v) is 7.26. The number of carboxylic acids is 2. The minimum Gasteiger partial charge on any atom is -0.478 e. The van der Waals surface area contributed by atoms with Gasteiger partial charge in [-0.2, -0.15) is 0 Å². The van der Waals surface area contributed by atoms with E-state index in [1.165, 1.54) is 89.0 Å². The highest BCUT2D eigenvalue weighted by molar-refractivity contribution is 5.98. The van der Waals surface area contributed by atoms with E-state index in [4.69, 9.17) is 10.2 Å². The molecule has 0 aliphatic carbocycles. The van der Waals surface area contributed by atoms with Crippen molar-refractivity contribution < 1.29 is 24.6 Å². The number of carbonyl (C=O) groups is 3. The summed E-state index contributed by atoms with van der Waals surface area (Å²) in [6, 6.07) is 12.6. The Morgan fingerprint density at radius 1 is 0.553 bits per heavy atom. The Kier molecular flexibility index (Phi) is 12.1. The number of benzene rings is 2. The number of rotatable bonds is 6. The molecule has 2 aromatic rings. The summed E-state index contributed by atoms with van der Waals surface area (Å²) in [6.45, 7) is 12.2. The molecule has 7 nitrogen and oxygen atoms in total. The zero-order valence-electron chi connectivity index (χ0n) is 23.3. The van der Waals surface area contributed by atoms with E-state index in [9.17, 15) is 14.4 Å². The average Bonchev–Trinajstić information content (AvgIpc) is 2.95. The summed E-state index contributed by atoms with van der Waals surface area (Å²) < 4.78 is 0. The molecule has 0 bridgehead atoms. The third kappa shape index (κ3) is 9.07. The predicted octanol–water partition coefficient (Wildman–Crippen LogP) is 5.43. The van der Waals surface area contributed by atoms with Gasteiger partial charge in [0.25, 0.3) is 0 Å². The Bertz CT molecular complexity index is 928. The Morgan fingerprint density at radius 2 is 0.842 bits per heavy atom. The van der Waals surface area contributed by atoms with Gasteiger partial charge in [0.1, 0.15) is 0 Å². The van der Waals surface area contributed by atoms with E-state index < -0.39 is 22.8 Å². The van der Waals surface area contributed by atoms with E-state index in [2.05, 4.69) is 10.6 Å². The minimum absolute atomic E-state index is 0.0452. The number of carbonyl (C=O) groups excluding carboxylic acids is 1. The number of hydrogen-bond donors (Lipinski definition) is 4. The summed E-state index contributed by atoms with van der Waals surface area (Å²) in [5, 5.41) is 24.6. The fourth-order valence-electron chi connectivity index (χ4n) is 4.71. The average molecular weight is 525 g/mol. The second kappa shape index (κ2) is 14.8. The summed E-state index contributed by atoms with van der Waals surface area (Å²) in [5.74, 6) is -2.07. The normalized spacial score (nSPS) is 15.7. The molecule has 0 unspecified atom stereocenters. The molecule has 2 heterocycles. The van der Waals surface area contributed by atoms with Crippen molar-refractivity contribution in [3.63, 3.8) is 0 Å². The van der Waals surface area contributed by atoms with Crippen molar-refractivity contribution in [1.82, 2.24) is 10.6 Å². The minimum atomic E-state index is -1.01. The van der Waals surface area contributed by atoms with Gasteiger partial charge in [-0.3, -0.25) is 4.79 Å². The van der Waals surface area contributed by atoms with Crippen LogP contribution in [-0.4, -0.2) is 54.1 Å². The fourth-order valence-corrected chi connectivity index (χ4v) is 4.71. The number of ketones is 1. The molecule has 2 aliphatic heterocycles. The Labute approximate surface area is 227 Å². The highest BCUT2D eigenvalue weighted by atomic mass is 16.4. The van der Waals surface area contributed by atoms with Crippen LogP contribution >= 0.6 is 0 Å². The number of aromatic carboxylic acids is 2. The van der Waals surface area contributed by atoms with Crippen molar-refractivity contribution in [2.45, 2.75) is 77.0 Å². The third-order valence-electron chi connectivity index (χ3n) is 7.26. The van der Waals surface area contributed by atoms with Crippen LogP contribution in [0.1, 0.15) is 98.1 Å². The van der Waals surface area contributed by atoms with Crippen LogP contribution in [0.15, 0.2) is 48.5 Å². The lowest BCUT2D eigenvalue weighted by atomic mass is 9.67. The lowest BCUT2D eigenvalue weighted by Gasteiger charge is -2.34. The van der Waals surface area contributed by atoms with Gasteiger partial charge < -0.3 is 20.8 Å². The van der Waals surface area contributed by atoms with Gasteiger partial charge in [-0.25, -0.2) is 9.59 Å². The molecule has 0 spiro atoms. The standard InChI is InChI=1S/C21H22O5.2C5H11N/c1-20(2,15-9-5-13(6-10-15)17(22)23)19(26)21(3,4)16-11-7-14(8-12-16)18(24)25;2*1-2-4-6-5-3-1/h5-12H,1-4H3,(H,22,23)(H,24,25);2*6H,1-5H2. The molecule has 4 N–H and O–H groups in total. The zero-order chi connectivity index (χ0) is 28.2. The summed E-state index contributed by atoms with van der Waals surface area (Å²) in [7, 11) is 0. The molecular formula is C31H44N2O5. The monoisotopic (exact) mass is 524 g/mol. The smallest absolute Gasteiger partial charge is 0.335 e. The van der Waals surface area contributed by atoms with Gasteiger partial charge in [-0.15, -0.1) is 0 Å². The van der Waals surface area contributed by atoms with Crippen molar-refractivity contribution in [3.05, 3.63) is 70.8 Å². The molecule has 0 atom stereocenters. The first-order chi connectivity index (χ1) is 18.0. The van der Waals surface area contributed by atoms with Gasteiger partial charge >= 0.3 is 11.9 Å². The first-order valence-corrected chi connectivity index (χ1v) is 13.6. The molecule has 2 aromatic carbocycles. The maximum Gasteiger partial charge on any atom is 0.335 e. The maximum absolute atomic E-state index is 13.3. The van der Waals surface area contributed by atoms with Crippen LogP contribution < -0.4 is 10.6 Å². The second-order valence-corrected chi connectivity index (χ2v) is 11.0. The molecule has 0 saturated carbocycles. The first kappa shape index (κ1) is 31.2. The van der Waals surface area contributed by atoms with Crippen molar-refractivity contribution in [3.8, 4) is 0 Å². The number of Topliss-reactive ketones (excluding diaryl/α,β-unsaturated/α-hetero) is 1. The lowest BCUT2D eigenvalue weighted by Crippen LogP contribution is -2.42. The van der Waals surface area contributed by atoms with Gasteiger partial charge in [0.05, 0.1) is 11.1 Å². The molecule has 2 aliphatic rings. The first-order valence-electron chi connectivity index (χ1n) is 13.6. The van der Waals surface area contributed by atoms with E-state index in [-0.39, 0.29) is 16.9 Å². The van der Waals surface area contributed by atoms with Gasteiger partial charge in [-0.1, -0.05) is 37.1 Å². The van der Waals surface area contributed by atoms with Crippen LogP contribution in [0.5, 0.6) is 0 Å². The molecule has 7 heteroatoms. The van der Waals surface area contributed by atoms with Crippen molar-refractivity contribution >= 4 is 17.7 Å². The van der Waals surface area contributed by atoms with Crippen LogP contribution in [0, 0.1) is 0 Å². The quantitative estimate of drug-likeness (QED) is 0.398. The van der Waals surface area contributed by atoms with Crippen LogP contribution in [0.4, 0.5) is 0 Å². The van der Waals surface area contributed by atoms with E-state index in [0.29, 0.717) is 0 Å². The zero-order valence-corrected chi connectivity index (χ0v) is 23.3. The van der Waals surface area contributed by atoms with Gasteiger partial charge in [0.2, 0.25) is 0 Å². The molecule has 4 rings (SSSR count). The van der Waals surface area contributed by atoms with Crippen LogP contribution in [0.3, 0.4) is 0 Å². The molecule has 2 saturated heterocycles. The summed E-state index contributed by atoms with van der Waals surface area (Å²) in [6.07, 6.45) is 8.43. The highest BCUT2D eigenvalue weighted by Gasteiger charge is 2.41. The molecule has 0 aromatic heterocycles. The van der Waals surface area contributed by atoms with Gasteiger partial charge in [0, 0.05) is 10.8 Å². The van der Waals surface area contributed by atoms with E-state index in [1.807, 2.05) is 0 Å². The Hall–Kier alpha value is -3.03. The molecule has 0 radical (unpaired) electrons. The Morgan fingerprint density at radius 3 is 1.03 bits per heavy atom. The number of carboxylic acid groups (broad SMARTS) is 2. The lowest BCUT2D eigenvalue weighted by molar-refractivity contribution is -0.128. The molecule has 2 fully saturated rings. The molecule has 38 heavy (non-hydrogen) atoms. The Balaban J connectivity index is 0.000000341. The van der Waals surface area contributed by atoms with Crippen LogP contribution in [0.25, 0.3) is 0 Å². The largest absolute Gasteiger partial charge is 0.478 e. The second-order valence-electron chi connectivity index (χ2n) is 11.0. The summed E-state index contributed by atoms with van der Waals surface area (Å²) in [4.78, 5) is 35.3. The molecule has 0 amide bonds. The van der Waals surface area contributed by atoms with Gasteiger partial charge in [-0.05, 0) is 115 Å². The topological polar surface area (TPSA) is 116 Å². The summed E-state index contributed by atoms with van der Waals surface area (Å²) >= 11 is 0. The van der Waals surface area contributed by atoms with Crippen molar-refractivity contribution in [1.29, 1.82) is 0 Å².